The molecule has 0 bridgehead atoms. The van der Waals surface area contributed by atoms with Gasteiger partial charge in [-0.25, -0.2) is 0 Å². The Hall–Kier alpha value is -0.610. The van der Waals surface area contributed by atoms with Crippen LogP contribution in [0.15, 0.2) is 0 Å². The number of methoxy groups -OCH3 is 1. The van der Waals surface area contributed by atoms with E-state index in [1.54, 1.807) is 7.11 Å². The Morgan fingerprint density at radius 1 is 1.54 bits per heavy atom. The van der Waals surface area contributed by atoms with Crippen LogP contribution < -0.4 is 5.73 Å². The maximum absolute atomic E-state index is 11.6. The molecular weight excluding hydrogens is 168 g/mol. The maximum Gasteiger partial charge on any atom is 0.239 e. The molecule has 1 heterocycles. The number of carbonyl (C=O) groups is 1. The van der Waals surface area contributed by atoms with Gasteiger partial charge < -0.3 is 15.4 Å². The van der Waals surface area contributed by atoms with Crippen molar-refractivity contribution in [1.82, 2.24) is 4.90 Å². The number of likely N-dealkylation sites (tertiary alicyclic amines) is 1. The molecule has 0 aromatic carbocycles. The first kappa shape index (κ1) is 10.5. The molecular formula is C9H18N2O2. The van der Waals surface area contributed by atoms with E-state index in [9.17, 15) is 4.79 Å². The highest BCUT2D eigenvalue weighted by Crippen LogP contribution is 2.09. The minimum absolute atomic E-state index is 0.0783. The molecule has 0 spiro atoms. The van der Waals surface area contributed by atoms with Crippen LogP contribution in [0.3, 0.4) is 0 Å². The van der Waals surface area contributed by atoms with Gasteiger partial charge in [0.25, 0.3) is 0 Å². The molecule has 1 unspecified atom stereocenters. The van der Waals surface area contributed by atoms with Gasteiger partial charge in [0, 0.05) is 26.8 Å². The molecule has 1 atom stereocenters. The molecule has 0 aliphatic carbocycles. The number of nitrogens with two attached hydrogens (primary N) is 1. The number of carbonyl (C=O) groups excluding carboxylic acids is 1. The fourth-order valence-electron chi connectivity index (χ4n) is 1.54. The predicted octanol–water partition coefficient (Wildman–Crippen LogP) is -0.0274. The van der Waals surface area contributed by atoms with E-state index in [-0.39, 0.29) is 11.9 Å². The number of ether oxygens (including phenoxy) is 1. The van der Waals surface area contributed by atoms with Crippen molar-refractivity contribution in [2.75, 3.05) is 26.8 Å². The van der Waals surface area contributed by atoms with Gasteiger partial charge in [-0.05, 0) is 19.3 Å². The number of rotatable bonds is 4. The van der Waals surface area contributed by atoms with Gasteiger partial charge in [0.1, 0.15) is 0 Å². The van der Waals surface area contributed by atoms with Gasteiger partial charge in [-0.3, -0.25) is 4.79 Å². The van der Waals surface area contributed by atoms with E-state index >= 15 is 0 Å². The standard InChI is InChI=1S/C9H18N2O2/c1-13-7-4-8(10)9(12)11-5-2-3-6-11/h8H,2-7,10H2,1H3. The van der Waals surface area contributed by atoms with Crippen LogP contribution in [-0.2, 0) is 9.53 Å². The first-order chi connectivity index (χ1) is 6.25. The van der Waals surface area contributed by atoms with Crippen LogP contribution in [0.2, 0.25) is 0 Å². The predicted molar refractivity (Wildman–Crippen MR) is 50.3 cm³/mol. The van der Waals surface area contributed by atoms with Gasteiger partial charge in [0.2, 0.25) is 5.91 Å². The first-order valence-corrected chi connectivity index (χ1v) is 4.79. The van der Waals surface area contributed by atoms with Crippen LogP contribution >= 0.6 is 0 Å². The zero-order valence-corrected chi connectivity index (χ0v) is 8.16. The van der Waals surface area contributed by atoms with Crippen molar-refractivity contribution in [3.05, 3.63) is 0 Å². The van der Waals surface area contributed by atoms with Crippen LogP contribution in [0.5, 0.6) is 0 Å². The Kier molecular flexibility index (Phi) is 4.18. The quantitative estimate of drug-likeness (QED) is 0.671. The topological polar surface area (TPSA) is 55.6 Å². The van der Waals surface area contributed by atoms with E-state index < -0.39 is 0 Å². The Morgan fingerprint density at radius 3 is 2.69 bits per heavy atom. The molecule has 4 nitrogen and oxygen atoms in total. The summed E-state index contributed by atoms with van der Waals surface area (Å²) < 4.78 is 4.87. The highest BCUT2D eigenvalue weighted by Gasteiger charge is 2.22. The van der Waals surface area contributed by atoms with Crippen molar-refractivity contribution in [3.8, 4) is 0 Å². The molecule has 13 heavy (non-hydrogen) atoms. The molecule has 1 aliphatic rings. The summed E-state index contributed by atoms with van der Waals surface area (Å²) in [6.07, 6.45) is 2.84. The molecule has 1 fully saturated rings. The van der Waals surface area contributed by atoms with Crippen molar-refractivity contribution >= 4 is 5.91 Å². The fourth-order valence-corrected chi connectivity index (χ4v) is 1.54. The molecule has 0 aromatic rings. The summed E-state index contributed by atoms with van der Waals surface area (Å²) >= 11 is 0. The lowest BCUT2D eigenvalue weighted by molar-refractivity contribution is -0.131. The van der Waals surface area contributed by atoms with Crippen molar-refractivity contribution in [2.45, 2.75) is 25.3 Å². The van der Waals surface area contributed by atoms with Gasteiger partial charge in [0.15, 0.2) is 0 Å². The lowest BCUT2D eigenvalue weighted by atomic mass is 10.2. The number of amides is 1. The Morgan fingerprint density at radius 2 is 2.15 bits per heavy atom. The van der Waals surface area contributed by atoms with E-state index in [1.807, 2.05) is 4.90 Å². The normalized spacial score (nSPS) is 19.1. The smallest absolute Gasteiger partial charge is 0.239 e. The highest BCUT2D eigenvalue weighted by atomic mass is 16.5. The molecule has 2 N–H and O–H groups in total. The van der Waals surface area contributed by atoms with Gasteiger partial charge in [-0.15, -0.1) is 0 Å². The molecule has 1 aliphatic heterocycles. The minimum atomic E-state index is -0.377. The maximum atomic E-state index is 11.6. The van der Waals surface area contributed by atoms with Crippen molar-refractivity contribution in [1.29, 1.82) is 0 Å². The largest absolute Gasteiger partial charge is 0.385 e. The number of hydrogen-bond acceptors (Lipinski definition) is 3. The summed E-state index contributed by atoms with van der Waals surface area (Å²) in [7, 11) is 1.62. The van der Waals surface area contributed by atoms with Crippen LogP contribution in [0, 0.1) is 0 Å². The lowest BCUT2D eigenvalue weighted by Crippen LogP contribution is -2.42. The molecule has 0 saturated carbocycles. The second-order valence-electron chi connectivity index (χ2n) is 3.42. The molecule has 1 rings (SSSR count). The third kappa shape index (κ3) is 2.97. The summed E-state index contributed by atoms with van der Waals surface area (Å²) in [5.41, 5.74) is 5.71. The van der Waals surface area contributed by atoms with Gasteiger partial charge in [-0.1, -0.05) is 0 Å². The monoisotopic (exact) mass is 186 g/mol. The molecule has 0 radical (unpaired) electrons. The van der Waals surface area contributed by atoms with Gasteiger partial charge in [0.05, 0.1) is 6.04 Å². The van der Waals surface area contributed by atoms with Crippen LogP contribution in [0.25, 0.3) is 0 Å². The second-order valence-corrected chi connectivity index (χ2v) is 3.42. The van der Waals surface area contributed by atoms with Gasteiger partial charge in [-0.2, -0.15) is 0 Å². The third-order valence-corrected chi connectivity index (χ3v) is 2.37. The summed E-state index contributed by atoms with van der Waals surface area (Å²) in [6.45, 7) is 2.31. The molecule has 0 aromatic heterocycles. The van der Waals surface area contributed by atoms with Crippen molar-refractivity contribution in [3.63, 3.8) is 0 Å². The van der Waals surface area contributed by atoms with E-state index in [2.05, 4.69) is 0 Å². The zero-order valence-electron chi connectivity index (χ0n) is 8.16. The van der Waals surface area contributed by atoms with E-state index in [0.717, 1.165) is 25.9 Å². The van der Waals surface area contributed by atoms with Gasteiger partial charge >= 0.3 is 0 Å². The fraction of sp³-hybridized carbons (Fsp3) is 0.889. The van der Waals surface area contributed by atoms with Crippen molar-refractivity contribution in [2.24, 2.45) is 5.73 Å². The average molecular weight is 186 g/mol. The average Bonchev–Trinajstić information content (AvgIpc) is 2.65. The molecule has 76 valence electrons. The van der Waals surface area contributed by atoms with Crippen LogP contribution in [0.1, 0.15) is 19.3 Å². The molecule has 1 amide bonds. The molecule has 1 saturated heterocycles. The van der Waals surface area contributed by atoms with E-state index in [4.69, 9.17) is 10.5 Å². The Labute approximate surface area is 79.0 Å². The summed E-state index contributed by atoms with van der Waals surface area (Å²) in [5, 5.41) is 0. The summed E-state index contributed by atoms with van der Waals surface area (Å²) in [5.74, 6) is 0.0783. The summed E-state index contributed by atoms with van der Waals surface area (Å²) in [4.78, 5) is 13.4. The minimum Gasteiger partial charge on any atom is -0.385 e. The van der Waals surface area contributed by atoms with Crippen LogP contribution in [0.4, 0.5) is 0 Å². The number of nitrogens with zero attached hydrogens (tertiary/aromatic N) is 1. The highest BCUT2D eigenvalue weighted by molar-refractivity contribution is 5.81. The third-order valence-electron chi connectivity index (χ3n) is 2.37. The second kappa shape index (κ2) is 5.19. The first-order valence-electron chi connectivity index (χ1n) is 4.79. The van der Waals surface area contributed by atoms with Crippen LogP contribution in [-0.4, -0.2) is 43.7 Å². The van der Waals surface area contributed by atoms with E-state index in [0.29, 0.717) is 13.0 Å². The SMILES string of the molecule is COCCC(N)C(=O)N1CCCC1. The van der Waals surface area contributed by atoms with Crippen molar-refractivity contribution < 1.29 is 9.53 Å². The number of hydrogen-bond donors (Lipinski definition) is 1. The Balaban J connectivity index is 2.28. The zero-order chi connectivity index (χ0) is 9.68. The lowest BCUT2D eigenvalue weighted by Gasteiger charge is -2.19. The molecule has 4 heteroatoms. The summed E-state index contributed by atoms with van der Waals surface area (Å²) in [6, 6.07) is -0.377. The van der Waals surface area contributed by atoms with E-state index in [1.165, 1.54) is 0 Å². The Bertz CT molecular complexity index is 167.